The van der Waals surface area contributed by atoms with Crippen molar-refractivity contribution in [1.29, 1.82) is 0 Å². The number of carbonyl (C=O) groups is 1. The molecular formula is C20H28F2N4O. The van der Waals surface area contributed by atoms with Crippen molar-refractivity contribution in [2.75, 3.05) is 19.4 Å². The van der Waals surface area contributed by atoms with Crippen LogP contribution in [0.3, 0.4) is 0 Å². The third-order valence-corrected chi connectivity index (χ3v) is 4.85. The van der Waals surface area contributed by atoms with E-state index in [-0.39, 0.29) is 16.9 Å². The maximum atomic E-state index is 14.0. The van der Waals surface area contributed by atoms with Crippen LogP contribution in [0.1, 0.15) is 38.8 Å². The number of nitrogens with zero attached hydrogens (tertiary/aromatic N) is 2. The van der Waals surface area contributed by atoms with Gasteiger partial charge in [-0.15, -0.1) is 0 Å². The Labute approximate surface area is 159 Å². The van der Waals surface area contributed by atoms with E-state index >= 15 is 0 Å². The summed E-state index contributed by atoms with van der Waals surface area (Å²) in [6, 6.07) is 3.62. The van der Waals surface area contributed by atoms with E-state index in [1.54, 1.807) is 13.0 Å². The molecule has 2 rings (SSSR count). The second-order valence-corrected chi connectivity index (χ2v) is 7.19. The van der Waals surface area contributed by atoms with Crippen molar-refractivity contribution in [3.05, 3.63) is 35.5 Å². The van der Waals surface area contributed by atoms with E-state index in [1.165, 1.54) is 6.07 Å². The zero-order valence-electron chi connectivity index (χ0n) is 16.6. The van der Waals surface area contributed by atoms with Gasteiger partial charge in [0, 0.05) is 29.2 Å². The number of rotatable bonds is 7. The Hall–Kier alpha value is -2.28. The summed E-state index contributed by atoms with van der Waals surface area (Å²) in [4.78, 5) is 18.7. The van der Waals surface area contributed by atoms with Gasteiger partial charge in [-0.05, 0) is 59.3 Å². The summed E-state index contributed by atoms with van der Waals surface area (Å²) in [5.41, 5.74) is 0.915. The molecule has 2 unspecified atom stereocenters. The van der Waals surface area contributed by atoms with Crippen LogP contribution in [0.15, 0.2) is 18.2 Å². The maximum absolute atomic E-state index is 14.0. The lowest BCUT2D eigenvalue weighted by Gasteiger charge is -2.23. The third kappa shape index (κ3) is 5.60. The highest BCUT2D eigenvalue weighted by Gasteiger charge is 2.16. The van der Waals surface area contributed by atoms with E-state index < -0.39 is 17.7 Å². The van der Waals surface area contributed by atoms with E-state index in [1.807, 2.05) is 21.0 Å². The number of urea groups is 1. The molecule has 2 atom stereocenters. The van der Waals surface area contributed by atoms with Gasteiger partial charge in [0.05, 0.1) is 5.69 Å². The molecule has 1 heterocycles. The van der Waals surface area contributed by atoms with Gasteiger partial charge in [-0.3, -0.25) is 0 Å². The molecule has 0 saturated carbocycles. The molecule has 148 valence electrons. The summed E-state index contributed by atoms with van der Waals surface area (Å²) in [6.45, 7) is 5.85. The van der Waals surface area contributed by atoms with Crippen molar-refractivity contribution in [1.82, 2.24) is 15.2 Å². The van der Waals surface area contributed by atoms with Crippen LogP contribution in [0.5, 0.6) is 0 Å². The van der Waals surface area contributed by atoms with Crippen LogP contribution in [-0.2, 0) is 0 Å². The van der Waals surface area contributed by atoms with Crippen LogP contribution < -0.4 is 10.6 Å². The minimum atomic E-state index is -0.749. The van der Waals surface area contributed by atoms with Crippen molar-refractivity contribution < 1.29 is 13.6 Å². The number of aromatic nitrogens is 1. The predicted molar refractivity (Wildman–Crippen MR) is 105 cm³/mol. The monoisotopic (exact) mass is 378 g/mol. The number of hydrogen-bond donors (Lipinski definition) is 2. The SMILES string of the molecule is CCC(CCC(C)N(C)C)NC(=O)Nc1cc(C)nc2c(F)cc(F)cc12. The molecule has 1 aromatic carbocycles. The highest BCUT2D eigenvalue weighted by atomic mass is 19.1. The Morgan fingerprint density at radius 1 is 1.22 bits per heavy atom. The Morgan fingerprint density at radius 2 is 1.93 bits per heavy atom. The number of aryl methyl sites for hydroxylation is 1. The number of halogens is 2. The molecule has 0 aliphatic heterocycles. The quantitative estimate of drug-likeness (QED) is 0.748. The van der Waals surface area contributed by atoms with Gasteiger partial charge in [-0.25, -0.2) is 18.6 Å². The first-order valence-corrected chi connectivity index (χ1v) is 9.21. The lowest BCUT2D eigenvalue weighted by molar-refractivity contribution is 0.243. The highest BCUT2D eigenvalue weighted by molar-refractivity contribution is 6.00. The number of nitrogens with one attached hydrogen (secondary N) is 2. The summed E-state index contributed by atoms with van der Waals surface area (Å²) in [5.74, 6) is -1.46. The fraction of sp³-hybridized carbons (Fsp3) is 0.500. The van der Waals surface area contributed by atoms with Crippen LogP contribution in [0.2, 0.25) is 0 Å². The van der Waals surface area contributed by atoms with Gasteiger partial charge in [0.25, 0.3) is 0 Å². The van der Waals surface area contributed by atoms with Crippen molar-refractivity contribution >= 4 is 22.6 Å². The molecule has 5 nitrogen and oxygen atoms in total. The van der Waals surface area contributed by atoms with Gasteiger partial charge in [0.2, 0.25) is 0 Å². The van der Waals surface area contributed by atoms with Crippen molar-refractivity contribution in [2.45, 2.75) is 52.1 Å². The van der Waals surface area contributed by atoms with E-state index in [0.717, 1.165) is 25.3 Å². The molecule has 2 amide bonds. The molecule has 0 aliphatic carbocycles. The Balaban J connectivity index is 2.13. The average Bonchev–Trinajstić information content (AvgIpc) is 2.59. The first-order valence-electron chi connectivity index (χ1n) is 9.21. The van der Waals surface area contributed by atoms with Gasteiger partial charge < -0.3 is 15.5 Å². The zero-order chi connectivity index (χ0) is 20.1. The fourth-order valence-corrected chi connectivity index (χ4v) is 2.91. The van der Waals surface area contributed by atoms with Crippen LogP contribution >= 0.6 is 0 Å². The lowest BCUT2D eigenvalue weighted by atomic mass is 10.0. The fourth-order valence-electron chi connectivity index (χ4n) is 2.91. The van der Waals surface area contributed by atoms with E-state index in [4.69, 9.17) is 0 Å². The van der Waals surface area contributed by atoms with Gasteiger partial charge in [0.1, 0.15) is 11.3 Å². The number of benzene rings is 1. The van der Waals surface area contributed by atoms with E-state index in [9.17, 15) is 13.6 Å². The van der Waals surface area contributed by atoms with E-state index in [0.29, 0.717) is 17.4 Å². The van der Waals surface area contributed by atoms with Gasteiger partial charge in [-0.1, -0.05) is 6.92 Å². The average molecular weight is 378 g/mol. The number of fused-ring (bicyclic) bond motifs is 1. The molecule has 0 aliphatic rings. The molecule has 0 saturated heterocycles. The molecule has 0 fully saturated rings. The number of amides is 2. The van der Waals surface area contributed by atoms with Crippen molar-refractivity contribution in [2.24, 2.45) is 0 Å². The predicted octanol–water partition coefficient (Wildman–Crippen LogP) is 4.45. The third-order valence-electron chi connectivity index (χ3n) is 4.85. The molecule has 0 spiro atoms. The van der Waals surface area contributed by atoms with Gasteiger partial charge in [0.15, 0.2) is 5.82 Å². The summed E-state index contributed by atoms with van der Waals surface area (Å²) >= 11 is 0. The van der Waals surface area contributed by atoms with Crippen LogP contribution in [0, 0.1) is 18.6 Å². The first-order chi connectivity index (χ1) is 12.7. The first kappa shape index (κ1) is 21.0. The molecule has 2 aromatic rings. The Morgan fingerprint density at radius 3 is 2.56 bits per heavy atom. The second-order valence-electron chi connectivity index (χ2n) is 7.19. The van der Waals surface area contributed by atoms with Crippen LogP contribution in [-0.4, -0.2) is 42.1 Å². The van der Waals surface area contributed by atoms with Crippen molar-refractivity contribution in [3.8, 4) is 0 Å². The highest BCUT2D eigenvalue weighted by Crippen LogP contribution is 2.26. The lowest BCUT2D eigenvalue weighted by Crippen LogP contribution is -2.38. The van der Waals surface area contributed by atoms with Gasteiger partial charge >= 0.3 is 6.03 Å². The molecule has 27 heavy (non-hydrogen) atoms. The maximum Gasteiger partial charge on any atom is 0.319 e. The van der Waals surface area contributed by atoms with Crippen molar-refractivity contribution in [3.63, 3.8) is 0 Å². The number of hydrogen-bond acceptors (Lipinski definition) is 3. The molecule has 2 N–H and O–H groups in total. The zero-order valence-corrected chi connectivity index (χ0v) is 16.6. The Bertz CT molecular complexity index is 810. The largest absolute Gasteiger partial charge is 0.335 e. The Kier molecular flexibility index (Phi) is 7.07. The van der Waals surface area contributed by atoms with Crippen LogP contribution in [0.25, 0.3) is 10.9 Å². The topological polar surface area (TPSA) is 57.3 Å². The standard InChI is InChI=1S/C20H28F2N4O/c1-6-15(8-7-13(3)26(4)5)24-20(27)25-18-9-12(2)23-19-16(18)10-14(21)11-17(19)22/h9-11,13,15H,6-8H2,1-5H3,(H2,23,24,25,27). The van der Waals surface area contributed by atoms with E-state index in [2.05, 4.69) is 27.4 Å². The summed E-state index contributed by atoms with van der Waals surface area (Å²) in [5, 5.41) is 5.91. The number of anilines is 1. The minimum absolute atomic E-state index is 0.0232. The van der Waals surface area contributed by atoms with Crippen LogP contribution in [0.4, 0.5) is 19.3 Å². The molecule has 7 heteroatoms. The molecule has 0 radical (unpaired) electrons. The summed E-state index contributed by atoms with van der Waals surface area (Å²) < 4.78 is 27.6. The van der Waals surface area contributed by atoms with Gasteiger partial charge in [-0.2, -0.15) is 0 Å². The molecule has 0 bridgehead atoms. The number of carbonyl (C=O) groups excluding carboxylic acids is 1. The normalized spacial score (nSPS) is 13.6. The summed E-state index contributed by atoms with van der Waals surface area (Å²) in [6.07, 6.45) is 2.61. The second kappa shape index (κ2) is 9.08. The molecular weight excluding hydrogens is 350 g/mol. The summed E-state index contributed by atoms with van der Waals surface area (Å²) in [7, 11) is 4.06. The number of pyridine rings is 1. The smallest absolute Gasteiger partial charge is 0.319 e. The molecule has 1 aromatic heterocycles. The minimum Gasteiger partial charge on any atom is -0.335 e.